The van der Waals surface area contributed by atoms with Gasteiger partial charge in [-0.3, -0.25) is 0 Å². The molecule has 1 aliphatic carbocycles. The minimum absolute atomic E-state index is 0.383. The van der Waals surface area contributed by atoms with Crippen LogP contribution in [0.25, 0.3) is 0 Å². The number of halogens is 1. The second kappa shape index (κ2) is 6.76. The summed E-state index contributed by atoms with van der Waals surface area (Å²) in [6.45, 7) is 3.40. The first kappa shape index (κ1) is 14.9. The molecule has 1 fully saturated rings. The normalized spacial score (nSPS) is 17.7. The maximum absolute atomic E-state index is 3.60. The van der Waals surface area contributed by atoms with E-state index in [-0.39, 0.29) is 0 Å². The van der Waals surface area contributed by atoms with Gasteiger partial charge >= 0.3 is 0 Å². The highest BCUT2D eigenvalue weighted by Gasteiger charge is 2.19. The molecule has 1 saturated carbocycles. The first-order valence-corrected chi connectivity index (χ1v) is 8.09. The van der Waals surface area contributed by atoms with Gasteiger partial charge in [-0.1, -0.05) is 34.8 Å². The highest BCUT2D eigenvalue weighted by atomic mass is 79.9. The lowest BCUT2D eigenvalue weighted by molar-refractivity contribution is 0.544. The predicted octanol–water partition coefficient (Wildman–Crippen LogP) is 4.36. The standard InChI is InChI=1S/C16H25BrN2/c1-12(18-2)15-9-8-14(17)10-16(15)19(3)11-13-6-4-5-7-13/h8-10,12-13,18H,4-7,11H2,1-3H3. The van der Waals surface area contributed by atoms with Gasteiger partial charge in [0.25, 0.3) is 0 Å². The van der Waals surface area contributed by atoms with Crippen molar-refractivity contribution in [2.45, 2.75) is 38.6 Å². The molecule has 3 heteroatoms. The Morgan fingerprint density at radius 2 is 2.05 bits per heavy atom. The maximum Gasteiger partial charge on any atom is 0.0423 e. The van der Waals surface area contributed by atoms with Gasteiger partial charge in [-0.25, -0.2) is 0 Å². The molecule has 2 rings (SSSR count). The molecule has 0 amide bonds. The second-order valence-electron chi connectivity index (χ2n) is 5.74. The quantitative estimate of drug-likeness (QED) is 0.865. The Morgan fingerprint density at radius 1 is 1.37 bits per heavy atom. The lowest BCUT2D eigenvalue weighted by atomic mass is 10.0. The van der Waals surface area contributed by atoms with E-state index in [2.05, 4.69) is 58.3 Å². The van der Waals surface area contributed by atoms with Crippen LogP contribution in [0.2, 0.25) is 0 Å². The fourth-order valence-corrected chi connectivity index (χ4v) is 3.40. The first-order valence-electron chi connectivity index (χ1n) is 7.29. The van der Waals surface area contributed by atoms with Crippen molar-refractivity contribution in [2.75, 3.05) is 25.5 Å². The van der Waals surface area contributed by atoms with Crippen molar-refractivity contribution >= 4 is 21.6 Å². The van der Waals surface area contributed by atoms with Gasteiger partial charge in [-0.05, 0) is 50.4 Å². The molecule has 106 valence electrons. The van der Waals surface area contributed by atoms with Crippen LogP contribution in [0.15, 0.2) is 22.7 Å². The number of hydrogen-bond donors (Lipinski definition) is 1. The van der Waals surface area contributed by atoms with Crippen LogP contribution in [0.5, 0.6) is 0 Å². The van der Waals surface area contributed by atoms with E-state index in [9.17, 15) is 0 Å². The molecule has 0 saturated heterocycles. The Hall–Kier alpha value is -0.540. The monoisotopic (exact) mass is 324 g/mol. The molecule has 1 aromatic rings. The van der Waals surface area contributed by atoms with E-state index >= 15 is 0 Å². The third kappa shape index (κ3) is 3.73. The average Bonchev–Trinajstić information content (AvgIpc) is 2.90. The van der Waals surface area contributed by atoms with Crippen molar-refractivity contribution in [3.05, 3.63) is 28.2 Å². The SMILES string of the molecule is CNC(C)c1ccc(Br)cc1N(C)CC1CCCC1. The van der Waals surface area contributed by atoms with Crippen LogP contribution in [-0.2, 0) is 0 Å². The molecule has 1 unspecified atom stereocenters. The molecule has 1 aromatic carbocycles. The molecule has 19 heavy (non-hydrogen) atoms. The van der Waals surface area contributed by atoms with Crippen molar-refractivity contribution in [1.29, 1.82) is 0 Å². The smallest absolute Gasteiger partial charge is 0.0423 e. The van der Waals surface area contributed by atoms with E-state index in [4.69, 9.17) is 0 Å². The molecule has 0 radical (unpaired) electrons. The van der Waals surface area contributed by atoms with Crippen molar-refractivity contribution in [2.24, 2.45) is 5.92 Å². The van der Waals surface area contributed by atoms with E-state index in [1.807, 2.05) is 7.05 Å². The summed E-state index contributed by atoms with van der Waals surface area (Å²) < 4.78 is 1.16. The predicted molar refractivity (Wildman–Crippen MR) is 86.8 cm³/mol. The zero-order valence-corrected chi connectivity index (χ0v) is 13.8. The summed E-state index contributed by atoms with van der Waals surface area (Å²) in [5, 5.41) is 3.35. The highest BCUT2D eigenvalue weighted by Crippen LogP contribution is 2.32. The number of rotatable bonds is 5. The number of nitrogens with zero attached hydrogens (tertiary/aromatic N) is 1. The van der Waals surface area contributed by atoms with Crippen LogP contribution >= 0.6 is 15.9 Å². The third-order valence-electron chi connectivity index (χ3n) is 4.31. The molecule has 0 aromatic heterocycles. The Balaban J connectivity index is 2.18. The van der Waals surface area contributed by atoms with Crippen LogP contribution in [0, 0.1) is 5.92 Å². The van der Waals surface area contributed by atoms with E-state index in [0.29, 0.717) is 6.04 Å². The van der Waals surface area contributed by atoms with E-state index in [1.165, 1.54) is 43.5 Å². The molecule has 0 heterocycles. The van der Waals surface area contributed by atoms with Crippen molar-refractivity contribution < 1.29 is 0 Å². The summed E-state index contributed by atoms with van der Waals surface area (Å²) in [6.07, 6.45) is 5.62. The topological polar surface area (TPSA) is 15.3 Å². The lowest BCUT2D eigenvalue weighted by Crippen LogP contribution is -2.26. The van der Waals surface area contributed by atoms with Gasteiger partial charge in [0.05, 0.1) is 0 Å². The Kier molecular flexibility index (Phi) is 5.28. The lowest BCUT2D eigenvalue weighted by Gasteiger charge is -2.27. The van der Waals surface area contributed by atoms with Crippen molar-refractivity contribution in [3.63, 3.8) is 0 Å². The van der Waals surface area contributed by atoms with Crippen LogP contribution in [0.3, 0.4) is 0 Å². The van der Waals surface area contributed by atoms with Gasteiger partial charge < -0.3 is 10.2 Å². The molecular weight excluding hydrogens is 300 g/mol. The highest BCUT2D eigenvalue weighted by molar-refractivity contribution is 9.10. The Morgan fingerprint density at radius 3 is 2.68 bits per heavy atom. The van der Waals surface area contributed by atoms with Gasteiger partial charge in [0.15, 0.2) is 0 Å². The second-order valence-corrected chi connectivity index (χ2v) is 6.66. The van der Waals surface area contributed by atoms with Crippen LogP contribution in [0.1, 0.15) is 44.2 Å². The number of nitrogens with one attached hydrogen (secondary N) is 1. The van der Waals surface area contributed by atoms with E-state index in [1.54, 1.807) is 0 Å². The summed E-state index contributed by atoms with van der Waals surface area (Å²) in [4.78, 5) is 2.43. The molecule has 1 N–H and O–H groups in total. The summed E-state index contributed by atoms with van der Waals surface area (Å²) in [5.41, 5.74) is 2.73. The zero-order chi connectivity index (χ0) is 13.8. The maximum atomic E-state index is 3.60. The minimum Gasteiger partial charge on any atom is -0.374 e. The van der Waals surface area contributed by atoms with Gasteiger partial charge in [-0.2, -0.15) is 0 Å². The first-order chi connectivity index (χ1) is 9.11. The molecule has 0 aliphatic heterocycles. The van der Waals surface area contributed by atoms with E-state index < -0.39 is 0 Å². The number of hydrogen-bond acceptors (Lipinski definition) is 2. The summed E-state index contributed by atoms with van der Waals surface area (Å²) >= 11 is 3.60. The van der Waals surface area contributed by atoms with Crippen molar-refractivity contribution in [3.8, 4) is 0 Å². The average molecular weight is 325 g/mol. The Bertz CT molecular complexity index is 413. The summed E-state index contributed by atoms with van der Waals surface area (Å²) in [7, 11) is 4.25. The Labute approximate surface area is 125 Å². The fourth-order valence-electron chi connectivity index (χ4n) is 3.05. The van der Waals surface area contributed by atoms with Gasteiger partial charge in [-0.15, -0.1) is 0 Å². The zero-order valence-electron chi connectivity index (χ0n) is 12.2. The van der Waals surface area contributed by atoms with Crippen LogP contribution in [0.4, 0.5) is 5.69 Å². The molecule has 1 atom stereocenters. The number of anilines is 1. The van der Waals surface area contributed by atoms with Gasteiger partial charge in [0.1, 0.15) is 0 Å². The molecule has 0 spiro atoms. The minimum atomic E-state index is 0.383. The summed E-state index contributed by atoms with van der Waals surface area (Å²) in [5.74, 6) is 0.877. The molecular formula is C16H25BrN2. The van der Waals surface area contributed by atoms with Crippen LogP contribution in [-0.4, -0.2) is 20.6 Å². The van der Waals surface area contributed by atoms with E-state index in [0.717, 1.165) is 10.4 Å². The molecule has 0 bridgehead atoms. The van der Waals surface area contributed by atoms with Crippen molar-refractivity contribution in [1.82, 2.24) is 5.32 Å². The fraction of sp³-hybridized carbons (Fsp3) is 0.625. The van der Waals surface area contributed by atoms with Crippen LogP contribution < -0.4 is 10.2 Å². The molecule has 1 aliphatic rings. The largest absolute Gasteiger partial charge is 0.374 e. The summed E-state index contributed by atoms with van der Waals surface area (Å²) in [6, 6.07) is 6.99. The number of benzene rings is 1. The van der Waals surface area contributed by atoms with Gasteiger partial charge in [0, 0.05) is 29.8 Å². The third-order valence-corrected chi connectivity index (χ3v) is 4.80. The van der Waals surface area contributed by atoms with Gasteiger partial charge in [0.2, 0.25) is 0 Å². The molecule has 2 nitrogen and oxygen atoms in total.